The molecular formula is C18H29NO. The zero-order chi connectivity index (χ0) is 14.2. The molecule has 1 saturated carbocycles. The molecule has 1 aliphatic carbocycles. The van der Waals surface area contributed by atoms with Crippen LogP contribution in [0.4, 0.5) is 0 Å². The number of benzene rings is 1. The zero-order valence-corrected chi connectivity index (χ0v) is 13.0. The van der Waals surface area contributed by atoms with Crippen molar-refractivity contribution in [3.63, 3.8) is 0 Å². The third kappa shape index (κ3) is 4.92. The van der Waals surface area contributed by atoms with Crippen LogP contribution in [-0.2, 0) is 17.9 Å². The molecule has 0 aliphatic heterocycles. The van der Waals surface area contributed by atoms with Gasteiger partial charge in [0.05, 0.1) is 6.61 Å². The Kier molecular flexibility index (Phi) is 6.55. The second-order valence-electron chi connectivity index (χ2n) is 6.17. The van der Waals surface area contributed by atoms with Gasteiger partial charge in [0.2, 0.25) is 0 Å². The van der Waals surface area contributed by atoms with Gasteiger partial charge < -0.3 is 10.1 Å². The Morgan fingerprint density at radius 1 is 1.20 bits per heavy atom. The molecular weight excluding hydrogens is 246 g/mol. The van der Waals surface area contributed by atoms with E-state index in [0.29, 0.717) is 0 Å². The van der Waals surface area contributed by atoms with Gasteiger partial charge in [-0.15, -0.1) is 0 Å². The summed E-state index contributed by atoms with van der Waals surface area (Å²) in [6, 6.07) is 8.61. The third-order valence-electron chi connectivity index (χ3n) is 4.37. The van der Waals surface area contributed by atoms with Gasteiger partial charge in [-0.1, -0.05) is 44.0 Å². The van der Waals surface area contributed by atoms with Crippen LogP contribution in [0.25, 0.3) is 0 Å². The highest BCUT2D eigenvalue weighted by Crippen LogP contribution is 2.28. The van der Waals surface area contributed by atoms with E-state index in [1.165, 1.54) is 36.8 Å². The summed E-state index contributed by atoms with van der Waals surface area (Å²) in [5.74, 6) is 1.79. The van der Waals surface area contributed by atoms with Crippen molar-refractivity contribution in [2.75, 3.05) is 13.2 Å². The van der Waals surface area contributed by atoms with Crippen LogP contribution in [0.2, 0.25) is 0 Å². The standard InChI is InChI=1S/C18H29NO/c1-3-20-14-18-10-5-4-9-17(18)13-19-12-16-8-6-7-15(2)11-16/h4-5,9-10,15-16,19H,3,6-8,11-14H2,1-2H3. The van der Waals surface area contributed by atoms with Crippen molar-refractivity contribution in [3.05, 3.63) is 35.4 Å². The molecule has 1 aromatic rings. The molecule has 0 bridgehead atoms. The second-order valence-corrected chi connectivity index (χ2v) is 6.17. The van der Waals surface area contributed by atoms with Crippen LogP contribution < -0.4 is 5.32 Å². The molecule has 0 spiro atoms. The summed E-state index contributed by atoms with van der Waals surface area (Å²) in [6.45, 7) is 8.08. The predicted octanol–water partition coefficient (Wildman–Crippen LogP) is 4.14. The molecule has 1 fully saturated rings. The normalized spacial score (nSPS) is 22.9. The van der Waals surface area contributed by atoms with Crippen molar-refractivity contribution < 1.29 is 4.74 Å². The van der Waals surface area contributed by atoms with Crippen molar-refractivity contribution in [2.24, 2.45) is 11.8 Å². The van der Waals surface area contributed by atoms with E-state index in [9.17, 15) is 0 Å². The van der Waals surface area contributed by atoms with Gasteiger partial charge >= 0.3 is 0 Å². The molecule has 1 aliphatic rings. The molecule has 112 valence electrons. The monoisotopic (exact) mass is 275 g/mol. The lowest BCUT2D eigenvalue weighted by atomic mass is 9.82. The first-order chi connectivity index (χ1) is 9.79. The van der Waals surface area contributed by atoms with Crippen molar-refractivity contribution in [3.8, 4) is 0 Å². The average Bonchev–Trinajstić information content (AvgIpc) is 2.46. The molecule has 0 saturated heterocycles. The van der Waals surface area contributed by atoms with E-state index in [2.05, 4.69) is 36.5 Å². The Bertz CT molecular complexity index is 391. The lowest BCUT2D eigenvalue weighted by Crippen LogP contribution is -2.26. The smallest absolute Gasteiger partial charge is 0.0719 e. The van der Waals surface area contributed by atoms with Crippen molar-refractivity contribution in [1.82, 2.24) is 5.32 Å². The Morgan fingerprint density at radius 3 is 2.75 bits per heavy atom. The lowest BCUT2D eigenvalue weighted by molar-refractivity contribution is 0.133. The summed E-state index contributed by atoms with van der Waals surface area (Å²) in [6.07, 6.45) is 5.63. The molecule has 2 unspecified atom stereocenters. The fourth-order valence-corrected chi connectivity index (χ4v) is 3.24. The maximum atomic E-state index is 5.54. The quantitative estimate of drug-likeness (QED) is 0.807. The number of nitrogens with one attached hydrogen (secondary N) is 1. The van der Waals surface area contributed by atoms with Crippen molar-refractivity contribution in [2.45, 2.75) is 52.7 Å². The summed E-state index contributed by atoms with van der Waals surface area (Å²) in [4.78, 5) is 0. The van der Waals surface area contributed by atoms with E-state index in [0.717, 1.165) is 38.1 Å². The number of hydrogen-bond donors (Lipinski definition) is 1. The third-order valence-corrected chi connectivity index (χ3v) is 4.37. The van der Waals surface area contributed by atoms with Gasteiger partial charge in [0.15, 0.2) is 0 Å². The van der Waals surface area contributed by atoms with Crippen LogP contribution in [0.15, 0.2) is 24.3 Å². The number of rotatable bonds is 7. The molecule has 1 aromatic carbocycles. The maximum Gasteiger partial charge on any atom is 0.0719 e. The molecule has 2 atom stereocenters. The first-order valence-corrected chi connectivity index (χ1v) is 8.14. The largest absolute Gasteiger partial charge is 0.377 e. The molecule has 1 N–H and O–H groups in total. The Labute approximate surface area is 123 Å². The van der Waals surface area contributed by atoms with E-state index >= 15 is 0 Å². The summed E-state index contributed by atoms with van der Waals surface area (Å²) in [5.41, 5.74) is 2.70. The maximum absolute atomic E-state index is 5.54. The minimum absolute atomic E-state index is 0.731. The van der Waals surface area contributed by atoms with Gasteiger partial charge in [0, 0.05) is 13.2 Å². The molecule has 2 heteroatoms. The van der Waals surface area contributed by atoms with Gasteiger partial charge in [0.25, 0.3) is 0 Å². The minimum Gasteiger partial charge on any atom is -0.377 e. The molecule has 0 heterocycles. The van der Waals surface area contributed by atoms with E-state index in [1.54, 1.807) is 0 Å². The minimum atomic E-state index is 0.731. The highest BCUT2D eigenvalue weighted by Gasteiger charge is 2.18. The van der Waals surface area contributed by atoms with Gasteiger partial charge in [-0.25, -0.2) is 0 Å². The Balaban J connectivity index is 1.78. The van der Waals surface area contributed by atoms with E-state index in [-0.39, 0.29) is 0 Å². The van der Waals surface area contributed by atoms with E-state index < -0.39 is 0 Å². The summed E-state index contributed by atoms with van der Waals surface area (Å²) in [5, 5.41) is 3.65. The van der Waals surface area contributed by atoms with Crippen LogP contribution in [0.3, 0.4) is 0 Å². The first-order valence-electron chi connectivity index (χ1n) is 8.14. The van der Waals surface area contributed by atoms with Gasteiger partial charge in [-0.2, -0.15) is 0 Å². The fourth-order valence-electron chi connectivity index (χ4n) is 3.24. The SMILES string of the molecule is CCOCc1ccccc1CNCC1CCCC(C)C1. The van der Waals surface area contributed by atoms with Crippen molar-refractivity contribution in [1.29, 1.82) is 0 Å². The molecule has 20 heavy (non-hydrogen) atoms. The van der Waals surface area contributed by atoms with Crippen LogP contribution in [0, 0.1) is 11.8 Å². The van der Waals surface area contributed by atoms with Gasteiger partial charge in [-0.05, 0) is 49.3 Å². The Morgan fingerprint density at radius 2 is 2.00 bits per heavy atom. The molecule has 0 aromatic heterocycles. The average molecular weight is 275 g/mol. The van der Waals surface area contributed by atoms with Crippen LogP contribution in [-0.4, -0.2) is 13.2 Å². The molecule has 2 nitrogen and oxygen atoms in total. The summed E-state index contributed by atoms with van der Waals surface area (Å²) >= 11 is 0. The van der Waals surface area contributed by atoms with E-state index in [1.807, 2.05) is 6.92 Å². The molecule has 0 radical (unpaired) electrons. The predicted molar refractivity (Wildman–Crippen MR) is 84.6 cm³/mol. The van der Waals surface area contributed by atoms with Crippen LogP contribution in [0.5, 0.6) is 0 Å². The highest BCUT2D eigenvalue weighted by molar-refractivity contribution is 5.26. The molecule has 0 amide bonds. The second kappa shape index (κ2) is 8.43. The fraction of sp³-hybridized carbons (Fsp3) is 0.667. The van der Waals surface area contributed by atoms with Crippen LogP contribution in [0.1, 0.15) is 50.7 Å². The summed E-state index contributed by atoms with van der Waals surface area (Å²) in [7, 11) is 0. The number of hydrogen-bond acceptors (Lipinski definition) is 2. The van der Waals surface area contributed by atoms with Gasteiger partial charge in [-0.3, -0.25) is 0 Å². The van der Waals surface area contributed by atoms with E-state index in [4.69, 9.17) is 4.74 Å². The van der Waals surface area contributed by atoms with Crippen molar-refractivity contribution >= 4 is 0 Å². The van der Waals surface area contributed by atoms with Gasteiger partial charge in [0.1, 0.15) is 0 Å². The zero-order valence-electron chi connectivity index (χ0n) is 13.0. The van der Waals surface area contributed by atoms with Crippen LogP contribution >= 0.6 is 0 Å². The summed E-state index contributed by atoms with van der Waals surface area (Å²) < 4.78 is 5.54. The Hall–Kier alpha value is -0.860. The topological polar surface area (TPSA) is 21.3 Å². The number of ether oxygens (including phenoxy) is 1. The first kappa shape index (κ1) is 15.5. The molecule has 2 rings (SSSR count). The lowest BCUT2D eigenvalue weighted by Gasteiger charge is -2.27. The highest BCUT2D eigenvalue weighted by atomic mass is 16.5.